The highest BCUT2D eigenvalue weighted by Crippen LogP contribution is 2.39. The molecule has 0 atom stereocenters. The fraction of sp³-hybridized carbons (Fsp3) is 0.0625. The molecule has 4 nitrogen and oxygen atoms in total. The van der Waals surface area contributed by atoms with Crippen LogP contribution in [0.5, 0.6) is 5.75 Å². The van der Waals surface area contributed by atoms with E-state index in [2.05, 4.69) is 10.6 Å². The molecular weight excluding hydrogens is 320 g/mol. The fourth-order valence-corrected chi connectivity index (χ4v) is 3.11. The Hall–Kier alpha value is -2.11. The molecule has 0 aromatic heterocycles. The second-order valence-electron chi connectivity index (χ2n) is 4.58. The number of fused-ring (bicyclic) bond motifs is 1. The van der Waals surface area contributed by atoms with Gasteiger partial charge in [0.1, 0.15) is 5.75 Å². The summed E-state index contributed by atoms with van der Waals surface area (Å²) in [5.74, 6) is 0.646. The minimum atomic E-state index is -0.138. The molecule has 1 amide bonds. The predicted molar refractivity (Wildman–Crippen MR) is 90.6 cm³/mol. The van der Waals surface area contributed by atoms with Crippen molar-refractivity contribution in [1.29, 1.82) is 0 Å². The summed E-state index contributed by atoms with van der Waals surface area (Å²) in [6, 6.07) is 12.9. The van der Waals surface area contributed by atoms with Crippen LogP contribution in [0.4, 0.5) is 11.4 Å². The number of nitrogens with one attached hydrogen (secondary N) is 2. The molecule has 2 N–H and O–H groups in total. The quantitative estimate of drug-likeness (QED) is 0.821. The van der Waals surface area contributed by atoms with E-state index in [-0.39, 0.29) is 5.91 Å². The minimum absolute atomic E-state index is 0.138. The number of methoxy groups -OCH3 is 1. The van der Waals surface area contributed by atoms with Crippen molar-refractivity contribution in [2.24, 2.45) is 0 Å². The molecule has 0 bridgehead atoms. The molecule has 0 fully saturated rings. The first-order chi connectivity index (χ1) is 10.7. The first-order valence-corrected chi connectivity index (χ1v) is 7.74. The van der Waals surface area contributed by atoms with Crippen molar-refractivity contribution in [3.63, 3.8) is 0 Å². The van der Waals surface area contributed by atoms with Crippen LogP contribution in [0.1, 0.15) is 0 Å². The van der Waals surface area contributed by atoms with Crippen LogP contribution in [-0.2, 0) is 4.79 Å². The summed E-state index contributed by atoms with van der Waals surface area (Å²) >= 11 is 7.37. The maximum absolute atomic E-state index is 12.1. The summed E-state index contributed by atoms with van der Waals surface area (Å²) in [7, 11) is 1.62. The zero-order valence-electron chi connectivity index (χ0n) is 11.7. The first kappa shape index (κ1) is 14.8. The number of hydrogen-bond donors (Lipinski definition) is 2. The van der Waals surface area contributed by atoms with Crippen LogP contribution in [0, 0.1) is 0 Å². The Morgan fingerprint density at radius 2 is 2.00 bits per heavy atom. The zero-order valence-corrected chi connectivity index (χ0v) is 13.3. The topological polar surface area (TPSA) is 50.4 Å². The van der Waals surface area contributed by atoms with Crippen molar-refractivity contribution in [2.75, 3.05) is 17.7 Å². The van der Waals surface area contributed by atoms with Crippen molar-refractivity contribution in [1.82, 2.24) is 0 Å². The highest BCUT2D eigenvalue weighted by molar-refractivity contribution is 8.04. The van der Waals surface area contributed by atoms with Gasteiger partial charge < -0.3 is 15.4 Å². The third-order valence-corrected chi connectivity index (χ3v) is 4.41. The smallest absolute Gasteiger partial charge is 0.263 e. The second-order valence-corrected chi connectivity index (χ2v) is 6.10. The average molecular weight is 333 g/mol. The van der Waals surface area contributed by atoms with Gasteiger partial charge in [-0.25, -0.2) is 0 Å². The van der Waals surface area contributed by atoms with Gasteiger partial charge in [0, 0.05) is 21.8 Å². The van der Waals surface area contributed by atoms with E-state index >= 15 is 0 Å². The number of benzene rings is 2. The number of hydrogen-bond acceptors (Lipinski definition) is 4. The van der Waals surface area contributed by atoms with Crippen molar-refractivity contribution < 1.29 is 9.53 Å². The van der Waals surface area contributed by atoms with E-state index in [1.165, 1.54) is 11.8 Å². The van der Waals surface area contributed by atoms with E-state index in [9.17, 15) is 4.79 Å². The Bertz CT molecular complexity index is 744. The van der Waals surface area contributed by atoms with Crippen LogP contribution >= 0.6 is 23.4 Å². The number of rotatable bonds is 3. The van der Waals surface area contributed by atoms with Crippen molar-refractivity contribution in [2.45, 2.75) is 4.90 Å². The molecule has 1 aliphatic rings. The Morgan fingerprint density at radius 3 is 2.73 bits per heavy atom. The Morgan fingerprint density at radius 1 is 1.23 bits per heavy atom. The van der Waals surface area contributed by atoms with Crippen LogP contribution < -0.4 is 15.4 Å². The number of amides is 1. The molecule has 2 aromatic rings. The van der Waals surface area contributed by atoms with Gasteiger partial charge in [0.15, 0.2) is 0 Å². The van der Waals surface area contributed by atoms with Gasteiger partial charge in [-0.05, 0) is 42.5 Å². The van der Waals surface area contributed by atoms with Gasteiger partial charge in [-0.15, -0.1) is 0 Å². The van der Waals surface area contributed by atoms with Crippen LogP contribution in [0.25, 0.3) is 0 Å². The standard InChI is InChI=1S/C16H13ClN2O2S/c1-21-12-5-3-11(4-6-12)18-9-15-16(20)19-13-7-2-10(17)8-14(13)22-15/h2-9,18H,1H3,(H,19,20)/b15-9+. The van der Waals surface area contributed by atoms with E-state index in [1.807, 2.05) is 30.3 Å². The predicted octanol–water partition coefficient (Wildman–Crippen LogP) is 4.35. The van der Waals surface area contributed by atoms with Crippen molar-refractivity contribution in [3.8, 4) is 5.75 Å². The molecule has 0 unspecified atom stereocenters. The third kappa shape index (κ3) is 3.21. The largest absolute Gasteiger partial charge is 0.497 e. The van der Waals surface area contributed by atoms with Crippen molar-refractivity contribution >= 4 is 40.6 Å². The number of thioether (sulfide) groups is 1. The average Bonchev–Trinajstić information content (AvgIpc) is 2.54. The molecule has 0 radical (unpaired) electrons. The lowest BCUT2D eigenvalue weighted by molar-refractivity contribution is -0.112. The van der Waals surface area contributed by atoms with Gasteiger partial charge >= 0.3 is 0 Å². The highest BCUT2D eigenvalue weighted by atomic mass is 35.5. The molecule has 0 saturated carbocycles. The number of halogens is 1. The third-order valence-electron chi connectivity index (χ3n) is 3.10. The van der Waals surface area contributed by atoms with Gasteiger partial charge in [0.25, 0.3) is 5.91 Å². The molecule has 0 saturated heterocycles. The Labute approximate surface area is 137 Å². The summed E-state index contributed by atoms with van der Waals surface area (Å²) in [6.07, 6.45) is 1.69. The lowest BCUT2D eigenvalue weighted by atomic mass is 10.3. The van der Waals surface area contributed by atoms with Crippen LogP contribution in [0.2, 0.25) is 5.02 Å². The lowest BCUT2D eigenvalue weighted by Crippen LogP contribution is -2.18. The van der Waals surface area contributed by atoms with E-state index in [0.717, 1.165) is 22.0 Å². The van der Waals surface area contributed by atoms with E-state index in [0.29, 0.717) is 9.93 Å². The molecule has 6 heteroatoms. The fourth-order valence-electron chi connectivity index (χ4n) is 1.96. The summed E-state index contributed by atoms with van der Waals surface area (Å²) in [6.45, 7) is 0. The maximum atomic E-state index is 12.1. The van der Waals surface area contributed by atoms with Gasteiger partial charge in [-0.2, -0.15) is 0 Å². The van der Waals surface area contributed by atoms with E-state index < -0.39 is 0 Å². The van der Waals surface area contributed by atoms with Crippen LogP contribution in [-0.4, -0.2) is 13.0 Å². The Balaban J connectivity index is 1.77. The molecule has 2 aromatic carbocycles. The van der Waals surface area contributed by atoms with Crippen molar-refractivity contribution in [3.05, 3.63) is 58.6 Å². The minimum Gasteiger partial charge on any atom is -0.497 e. The van der Waals surface area contributed by atoms with Crippen LogP contribution in [0.15, 0.2) is 58.5 Å². The van der Waals surface area contributed by atoms with Gasteiger partial charge in [0.05, 0.1) is 17.7 Å². The molecule has 3 rings (SSSR count). The Kier molecular flexibility index (Phi) is 4.27. The molecule has 1 heterocycles. The van der Waals surface area contributed by atoms with Gasteiger partial charge in [-0.1, -0.05) is 23.4 Å². The zero-order chi connectivity index (χ0) is 15.5. The lowest BCUT2D eigenvalue weighted by Gasteiger charge is -2.18. The molecule has 112 valence electrons. The van der Waals surface area contributed by atoms with E-state index in [1.54, 1.807) is 25.4 Å². The summed E-state index contributed by atoms with van der Waals surface area (Å²) in [5.41, 5.74) is 1.65. The van der Waals surface area contributed by atoms with Crippen LogP contribution in [0.3, 0.4) is 0 Å². The number of anilines is 2. The van der Waals surface area contributed by atoms with Gasteiger partial charge in [-0.3, -0.25) is 4.79 Å². The SMILES string of the molecule is COc1ccc(N/C=C2/Sc3cc(Cl)ccc3NC2=O)cc1. The molecular formula is C16H13ClN2O2S. The van der Waals surface area contributed by atoms with E-state index in [4.69, 9.17) is 16.3 Å². The highest BCUT2D eigenvalue weighted by Gasteiger charge is 2.21. The van der Waals surface area contributed by atoms with Gasteiger partial charge in [0.2, 0.25) is 0 Å². The monoisotopic (exact) mass is 332 g/mol. The number of ether oxygens (including phenoxy) is 1. The summed E-state index contributed by atoms with van der Waals surface area (Å²) in [4.78, 5) is 13.6. The maximum Gasteiger partial charge on any atom is 0.263 e. The second kappa shape index (κ2) is 6.34. The summed E-state index contributed by atoms with van der Waals surface area (Å²) in [5, 5.41) is 6.60. The number of carbonyl (C=O) groups excluding carboxylic acids is 1. The number of carbonyl (C=O) groups is 1. The first-order valence-electron chi connectivity index (χ1n) is 6.55. The normalized spacial score (nSPS) is 15.2. The molecule has 0 aliphatic carbocycles. The molecule has 1 aliphatic heterocycles. The summed E-state index contributed by atoms with van der Waals surface area (Å²) < 4.78 is 5.11. The molecule has 0 spiro atoms. The molecule has 22 heavy (non-hydrogen) atoms.